The zero-order chi connectivity index (χ0) is 13.5. The number of benzene rings is 1. The van der Waals surface area contributed by atoms with E-state index in [0.29, 0.717) is 18.5 Å². The minimum absolute atomic E-state index is 0.0334. The van der Waals surface area contributed by atoms with Gasteiger partial charge < -0.3 is 10.0 Å². The van der Waals surface area contributed by atoms with Crippen LogP contribution in [0.15, 0.2) is 29.2 Å². The van der Waals surface area contributed by atoms with Crippen LogP contribution in [0.5, 0.6) is 0 Å². The molecule has 0 aliphatic carbocycles. The Kier molecular flexibility index (Phi) is 6.22. The quantitative estimate of drug-likeness (QED) is 0.806. The zero-order valence-electron chi connectivity index (χ0n) is 11.2. The second-order valence-electron chi connectivity index (χ2n) is 4.40. The highest BCUT2D eigenvalue weighted by Crippen LogP contribution is 2.16. The van der Waals surface area contributed by atoms with Gasteiger partial charge in [-0.3, -0.25) is 4.79 Å². The number of nitrogens with zero attached hydrogens (tertiary/aromatic N) is 1. The summed E-state index contributed by atoms with van der Waals surface area (Å²) in [4.78, 5) is 15.3. The molecule has 18 heavy (non-hydrogen) atoms. The summed E-state index contributed by atoms with van der Waals surface area (Å²) in [6, 6.07) is 7.79. The van der Waals surface area contributed by atoms with Crippen LogP contribution in [0.25, 0.3) is 0 Å². The topological polar surface area (TPSA) is 40.5 Å². The molecule has 1 rings (SSSR count). The molecular formula is C14H21NO2S. The monoisotopic (exact) mass is 267 g/mol. The van der Waals surface area contributed by atoms with E-state index < -0.39 is 0 Å². The van der Waals surface area contributed by atoms with Crippen LogP contribution in [0.4, 0.5) is 0 Å². The normalized spacial score (nSPS) is 10.7. The first kappa shape index (κ1) is 15.1. The van der Waals surface area contributed by atoms with E-state index in [0.717, 1.165) is 4.90 Å². The van der Waals surface area contributed by atoms with E-state index >= 15 is 0 Å². The Morgan fingerprint density at radius 3 is 2.39 bits per heavy atom. The molecule has 3 nitrogen and oxygen atoms in total. The Morgan fingerprint density at radius 1 is 1.33 bits per heavy atom. The smallest absolute Gasteiger partial charge is 0.254 e. The number of hydrogen-bond acceptors (Lipinski definition) is 3. The predicted molar refractivity (Wildman–Crippen MR) is 76.1 cm³/mol. The van der Waals surface area contributed by atoms with Crippen LogP contribution in [0.2, 0.25) is 0 Å². The molecule has 0 unspecified atom stereocenters. The van der Waals surface area contributed by atoms with Gasteiger partial charge in [-0.1, -0.05) is 0 Å². The molecule has 0 spiro atoms. The maximum absolute atomic E-state index is 12.3. The highest BCUT2D eigenvalue weighted by Gasteiger charge is 2.17. The summed E-state index contributed by atoms with van der Waals surface area (Å²) in [5.74, 6) is 0.0334. The Balaban J connectivity index is 2.80. The molecule has 4 heteroatoms. The summed E-state index contributed by atoms with van der Waals surface area (Å²) in [5, 5.41) is 8.88. The molecule has 0 bridgehead atoms. The Morgan fingerprint density at radius 2 is 1.94 bits per heavy atom. The number of rotatable bonds is 6. The largest absolute Gasteiger partial charge is 0.396 e. The van der Waals surface area contributed by atoms with Gasteiger partial charge in [-0.15, -0.1) is 11.8 Å². The van der Waals surface area contributed by atoms with E-state index in [1.54, 1.807) is 16.7 Å². The van der Waals surface area contributed by atoms with Crippen molar-refractivity contribution >= 4 is 17.7 Å². The summed E-state index contributed by atoms with van der Waals surface area (Å²) >= 11 is 1.66. The zero-order valence-corrected chi connectivity index (χ0v) is 12.0. The average molecular weight is 267 g/mol. The molecule has 1 amide bonds. The minimum Gasteiger partial charge on any atom is -0.396 e. The molecule has 0 fully saturated rings. The van der Waals surface area contributed by atoms with Gasteiger partial charge in [-0.25, -0.2) is 0 Å². The number of hydrogen-bond donors (Lipinski definition) is 1. The van der Waals surface area contributed by atoms with E-state index in [1.165, 1.54) is 0 Å². The highest BCUT2D eigenvalue weighted by atomic mass is 32.2. The first-order chi connectivity index (χ1) is 8.60. The van der Waals surface area contributed by atoms with E-state index in [9.17, 15) is 4.79 Å². The molecule has 0 saturated heterocycles. The maximum atomic E-state index is 12.3. The fraction of sp³-hybridized carbons (Fsp3) is 0.500. The van der Waals surface area contributed by atoms with E-state index in [-0.39, 0.29) is 18.6 Å². The molecule has 0 aromatic heterocycles. The van der Waals surface area contributed by atoms with Crippen LogP contribution in [-0.2, 0) is 0 Å². The molecule has 0 radical (unpaired) electrons. The number of aliphatic hydroxyl groups excluding tert-OH is 1. The lowest BCUT2D eigenvalue weighted by atomic mass is 10.1. The molecule has 100 valence electrons. The van der Waals surface area contributed by atoms with Crippen molar-refractivity contribution in [1.29, 1.82) is 0 Å². The standard InChI is InChI=1S/C14H21NO2S/c1-11(2)15(9-4-10-16)14(17)12-5-7-13(18-3)8-6-12/h5-8,11,16H,4,9-10H2,1-3H3. The Labute approximate surface area is 113 Å². The fourth-order valence-corrected chi connectivity index (χ4v) is 2.14. The summed E-state index contributed by atoms with van der Waals surface area (Å²) in [7, 11) is 0. The molecule has 0 aliphatic rings. The molecule has 1 aromatic rings. The third-order valence-electron chi connectivity index (χ3n) is 2.78. The molecule has 0 heterocycles. The molecule has 0 saturated carbocycles. The van der Waals surface area contributed by atoms with Crippen LogP contribution in [0.1, 0.15) is 30.6 Å². The van der Waals surface area contributed by atoms with Crippen LogP contribution >= 0.6 is 11.8 Å². The van der Waals surface area contributed by atoms with Crippen LogP contribution < -0.4 is 0 Å². The van der Waals surface area contributed by atoms with E-state index in [1.807, 2.05) is 44.4 Å². The number of thioether (sulfide) groups is 1. The third-order valence-corrected chi connectivity index (χ3v) is 3.52. The van der Waals surface area contributed by atoms with E-state index in [2.05, 4.69) is 0 Å². The first-order valence-electron chi connectivity index (χ1n) is 6.16. The van der Waals surface area contributed by atoms with Gasteiger partial charge >= 0.3 is 0 Å². The van der Waals surface area contributed by atoms with Crippen LogP contribution in [-0.4, -0.2) is 41.4 Å². The van der Waals surface area contributed by atoms with Crippen LogP contribution in [0, 0.1) is 0 Å². The van der Waals surface area contributed by atoms with Crippen LogP contribution in [0.3, 0.4) is 0 Å². The van der Waals surface area contributed by atoms with Crippen molar-refractivity contribution in [2.75, 3.05) is 19.4 Å². The summed E-state index contributed by atoms with van der Waals surface area (Å²) in [6.07, 6.45) is 2.63. The second kappa shape index (κ2) is 7.44. The number of amides is 1. The average Bonchev–Trinajstić information content (AvgIpc) is 2.38. The van der Waals surface area contributed by atoms with Crippen molar-refractivity contribution in [2.24, 2.45) is 0 Å². The summed E-state index contributed by atoms with van der Waals surface area (Å²) in [5.41, 5.74) is 0.708. The molecule has 1 N–H and O–H groups in total. The van der Waals surface area contributed by atoms with E-state index in [4.69, 9.17) is 5.11 Å². The van der Waals surface area contributed by atoms with Crippen molar-refractivity contribution in [3.8, 4) is 0 Å². The van der Waals surface area contributed by atoms with Gasteiger partial charge in [0.1, 0.15) is 0 Å². The van der Waals surface area contributed by atoms with Gasteiger partial charge in [0.2, 0.25) is 0 Å². The van der Waals surface area contributed by atoms with Gasteiger partial charge in [0.15, 0.2) is 0 Å². The fourth-order valence-electron chi connectivity index (χ4n) is 1.73. The minimum atomic E-state index is 0.0334. The maximum Gasteiger partial charge on any atom is 0.254 e. The number of aliphatic hydroxyl groups is 1. The Hall–Kier alpha value is -1.00. The van der Waals surface area contributed by atoms with Crippen molar-refractivity contribution < 1.29 is 9.90 Å². The summed E-state index contributed by atoms with van der Waals surface area (Å²) in [6.45, 7) is 4.69. The van der Waals surface area contributed by atoms with Crippen molar-refractivity contribution in [3.05, 3.63) is 29.8 Å². The molecule has 1 aromatic carbocycles. The first-order valence-corrected chi connectivity index (χ1v) is 7.38. The lowest BCUT2D eigenvalue weighted by Crippen LogP contribution is -2.38. The van der Waals surface area contributed by atoms with Gasteiger partial charge in [0.25, 0.3) is 5.91 Å². The SMILES string of the molecule is CSc1ccc(C(=O)N(CCCO)C(C)C)cc1. The van der Waals surface area contributed by atoms with Gasteiger partial charge in [0.05, 0.1) is 0 Å². The van der Waals surface area contributed by atoms with Crippen molar-refractivity contribution in [3.63, 3.8) is 0 Å². The highest BCUT2D eigenvalue weighted by molar-refractivity contribution is 7.98. The van der Waals surface area contributed by atoms with Crippen molar-refractivity contribution in [1.82, 2.24) is 4.90 Å². The second-order valence-corrected chi connectivity index (χ2v) is 5.28. The van der Waals surface area contributed by atoms with Crippen molar-refractivity contribution in [2.45, 2.75) is 31.2 Å². The lowest BCUT2D eigenvalue weighted by molar-refractivity contribution is 0.0693. The molecule has 0 aliphatic heterocycles. The summed E-state index contributed by atoms with van der Waals surface area (Å²) < 4.78 is 0. The number of carbonyl (C=O) groups excluding carboxylic acids is 1. The Bertz CT molecular complexity index is 376. The van der Waals surface area contributed by atoms with Gasteiger partial charge in [-0.05, 0) is 50.8 Å². The third kappa shape index (κ3) is 4.03. The van der Waals surface area contributed by atoms with Gasteiger partial charge in [-0.2, -0.15) is 0 Å². The lowest BCUT2D eigenvalue weighted by Gasteiger charge is -2.26. The molecule has 0 atom stereocenters. The number of carbonyl (C=O) groups is 1. The van der Waals surface area contributed by atoms with Gasteiger partial charge in [0, 0.05) is 29.7 Å². The predicted octanol–water partition coefficient (Wildman–Crippen LogP) is 2.64. The molecular weight excluding hydrogens is 246 g/mol.